The van der Waals surface area contributed by atoms with Crippen LogP contribution < -0.4 is 4.74 Å². The number of hydrogen-bond donors (Lipinski definition) is 0. The minimum atomic E-state index is -0.288. The lowest BCUT2D eigenvalue weighted by Gasteiger charge is -2.02. The van der Waals surface area contributed by atoms with Crippen LogP contribution in [0.5, 0.6) is 5.75 Å². The highest BCUT2D eigenvalue weighted by Crippen LogP contribution is 2.15. The van der Waals surface area contributed by atoms with E-state index in [4.69, 9.17) is 0 Å². The minimum Gasteiger partial charge on any atom is -0.426 e. The molecule has 0 unspecified atom stereocenters. The molecule has 0 spiro atoms. The summed E-state index contributed by atoms with van der Waals surface area (Å²) in [6.07, 6.45) is 0. The zero-order valence-electron chi connectivity index (χ0n) is 7.27. The van der Waals surface area contributed by atoms with Crippen LogP contribution in [0.4, 0.5) is 0 Å². The van der Waals surface area contributed by atoms with Crippen molar-refractivity contribution in [1.29, 1.82) is 0 Å². The molecule has 1 aromatic rings. The lowest BCUT2D eigenvalue weighted by molar-refractivity contribution is -0.120. The summed E-state index contributed by atoms with van der Waals surface area (Å²) in [7, 11) is 0. The Kier molecular flexibility index (Phi) is 2.69. The topological polar surface area (TPSA) is 69.2 Å². The second-order valence-electron chi connectivity index (χ2n) is 2.47. The Bertz CT molecular complexity index is 349. The smallest absolute Gasteiger partial charge is 0.298 e. The molecule has 5 heteroatoms. The van der Waals surface area contributed by atoms with Gasteiger partial charge in [0.05, 0.1) is 5.69 Å². The van der Waals surface area contributed by atoms with Crippen LogP contribution >= 0.6 is 0 Å². The second-order valence-corrected chi connectivity index (χ2v) is 2.47. The molecule has 5 nitrogen and oxygen atoms in total. The second kappa shape index (κ2) is 3.75. The number of ether oxygens (including phenoxy) is 1. The molecule has 0 saturated heterocycles. The largest absolute Gasteiger partial charge is 0.426 e. The van der Waals surface area contributed by atoms with Crippen molar-refractivity contribution >= 4 is 12.3 Å². The highest BCUT2D eigenvalue weighted by Gasteiger charge is 2.11. The highest BCUT2D eigenvalue weighted by atomic mass is 16.5. The van der Waals surface area contributed by atoms with Crippen LogP contribution in [0, 0.1) is 6.92 Å². The molecule has 1 aromatic heterocycles. The number of Topliss-reactive ketones (excluding diaryl/α,β-unsaturated/α-hetero) is 1. The summed E-state index contributed by atoms with van der Waals surface area (Å²) >= 11 is 0. The molecule has 0 N–H and O–H groups in total. The number of rotatable bonds is 3. The summed E-state index contributed by atoms with van der Waals surface area (Å²) in [6, 6.07) is 1.48. The van der Waals surface area contributed by atoms with E-state index in [2.05, 4.69) is 14.9 Å². The molecule has 0 aliphatic rings. The van der Waals surface area contributed by atoms with Crippen molar-refractivity contribution in [2.24, 2.45) is 0 Å². The van der Waals surface area contributed by atoms with Gasteiger partial charge in [-0.15, -0.1) is 5.10 Å². The molecule has 0 atom stereocenters. The highest BCUT2D eigenvalue weighted by molar-refractivity contribution is 5.94. The van der Waals surface area contributed by atoms with Crippen LogP contribution in [-0.4, -0.2) is 22.5 Å². The molecule has 0 bridgehead atoms. The zero-order chi connectivity index (χ0) is 9.84. The molecule has 0 fully saturated rings. The molecule has 68 valence electrons. The number of aryl methyl sites for hydroxylation is 1. The molecule has 0 aromatic carbocycles. The maximum absolute atomic E-state index is 11.0. The summed E-state index contributed by atoms with van der Waals surface area (Å²) in [5.74, 6) is -0.139. The van der Waals surface area contributed by atoms with Gasteiger partial charge in [0, 0.05) is 13.0 Å². The molecule has 0 amide bonds. The molecule has 0 radical (unpaired) electrons. The average molecular weight is 180 g/mol. The lowest BCUT2D eigenvalue weighted by atomic mass is 10.2. The van der Waals surface area contributed by atoms with Crippen molar-refractivity contribution in [3.8, 4) is 5.75 Å². The summed E-state index contributed by atoms with van der Waals surface area (Å²) in [5.41, 5.74) is 0.652. The lowest BCUT2D eigenvalue weighted by Crippen LogP contribution is -2.05. The first-order valence-corrected chi connectivity index (χ1v) is 3.60. The Balaban J connectivity index is 3.17. The van der Waals surface area contributed by atoms with E-state index < -0.39 is 0 Å². The van der Waals surface area contributed by atoms with Crippen LogP contribution in [0.2, 0.25) is 0 Å². The van der Waals surface area contributed by atoms with Crippen LogP contribution in [0.25, 0.3) is 0 Å². The fourth-order valence-corrected chi connectivity index (χ4v) is 0.851. The number of ketones is 1. The van der Waals surface area contributed by atoms with Crippen molar-refractivity contribution in [1.82, 2.24) is 10.2 Å². The van der Waals surface area contributed by atoms with Gasteiger partial charge in [0.25, 0.3) is 6.47 Å². The first-order valence-electron chi connectivity index (χ1n) is 3.60. The normalized spacial score (nSPS) is 9.38. The summed E-state index contributed by atoms with van der Waals surface area (Å²) in [5, 5.41) is 7.29. The van der Waals surface area contributed by atoms with E-state index in [1.165, 1.54) is 13.0 Å². The summed E-state index contributed by atoms with van der Waals surface area (Å²) in [6.45, 7) is 3.27. The minimum absolute atomic E-state index is 0.0673. The molecule has 1 rings (SSSR count). The van der Waals surface area contributed by atoms with Crippen molar-refractivity contribution in [2.75, 3.05) is 0 Å². The average Bonchev–Trinajstić information content (AvgIpc) is 2.04. The SMILES string of the molecule is CC(=O)c1nnc(C)cc1OC=O. The van der Waals surface area contributed by atoms with Gasteiger partial charge in [-0.2, -0.15) is 5.10 Å². The molecule has 0 saturated carbocycles. The van der Waals surface area contributed by atoms with Crippen LogP contribution in [0.15, 0.2) is 6.07 Å². The Morgan fingerprint density at radius 1 is 1.54 bits per heavy atom. The van der Waals surface area contributed by atoms with E-state index in [9.17, 15) is 9.59 Å². The van der Waals surface area contributed by atoms with E-state index in [0.717, 1.165) is 0 Å². The van der Waals surface area contributed by atoms with Crippen LogP contribution in [0.1, 0.15) is 23.1 Å². The predicted octanol–water partition coefficient (Wildman–Crippen LogP) is 0.523. The molecular weight excluding hydrogens is 172 g/mol. The standard InChI is InChI=1S/C8H8N2O3/c1-5-3-7(13-4-11)8(6(2)12)10-9-5/h3-4H,1-2H3. The maximum Gasteiger partial charge on any atom is 0.298 e. The fraction of sp³-hybridized carbons (Fsp3) is 0.250. The molecule has 1 heterocycles. The summed E-state index contributed by atoms with van der Waals surface area (Å²) in [4.78, 5) is 21.0. The number of nitrogens with zero attached hydrogens (tertiary/aromatic N) is 2. The third kappa shape index (κ3) is 2.08. The first-order chi connectivity index (χ1) is 6.15. The number of carbonyl (C=O) groups is 2. The van der Waals surface area contributed by atoms with Gasteiger partial charge in [-0.05, 0) is 6.92 Å². The van der Waals surface area contributed by atoms with Crippen molar-refractivity contribution in [3.05, 3.63) is 17.5 Å². The first kappa shape index (κ1) is 9.31. The third-order valence-corrected chi connectivity index (χ3v) is 1.39. The molecule has 13 heavy (non-hydrogen) atoms. The molecular formula is C8H8N2O3. The van der Waals surface area contributed by atoms with Gasteiger partial charge >= 0.3 is 0 Å². The van der Waals surface area contributed by atoms with Gasteiger partial charge in [0.1, 0.15) is 0 Å². The van der Waals surface area contributed by atoms with Gasteiger partial charge in [-0.1, -0.05) is 0 Å². The van der Waals surface area contributed by atoms with Gasteiger partial charge in [0.15, 0.2) is 17.2 Å². The monoisotopic (exact) mass is 180 g/mol. The Morgan fingerprint density at radius 2 is 2.23 bits per heavy atom. The fourth-order valence-electron chi connectivity index (χ4n) is 0.851. The Hall–Kier alpha value is -1.78. The summed E-state index contributed by atoms with van der Waals surface area (Å²) < 4.78 is 4.58. The molecule has 0 aliphatic heterocycles. The Morgan fingerprint density at radius 3 is 2.77 bits per heavy atom. The molecule has 0 aliphatic carbocycles. The van der Waals surface area contributed by atoms with Gasteiger partial charge < -0.3 is 4.74 Å². The predicted molar refractivity (Wildman–Crippen MR) is 43.5 cm³/mol. The van der Waals surface area contributed by atoms with Gasteiger partial charge in [-0.25, -0.2) is 0 Å². The maximum atomic E-state index is 11.0. The van der Waals surface area contributed by atoms with Crippen LogP contribution in [-0.2, 0) is 4.79 Å². The number of hydrogen-bond acceptors (Lipinski definition) is 5. The van der Waals surface area contributed by atoms with E-state index in [-0.39, 0.29) is 23.7 Å². The number of aromatic nitrogens is 2. The quantitative estimate of drug-likeness (QED) is 0.501. The van der Waals surface area contributed by atoms with Crippen molar-refractivity contribution in [3.63, 3.8) is 0 Å². The van der Waals surface area contributed by atoms with Gasteiger partial charge in [-0.3, -0.25) is 9.59 Å². The van der Waals surface area contributed by atoms with E-state index in [1.807, 2.05) is 0 Å². The Labute approximate surface area is 74.7 Å². The van der Waals surface area contributed by atoms with Crippen LogP contribution in [0.3, 0.4) is 0 Å². The number of carbonyl (C=O) groups excluding carboxylic acids is 2. The van der Waals surface area contributed by atoms with E-state index >= 15 is 0 Å². The zero-order valence-corrected chi connectivity index (χ0v) is 7.27. The van der Waals surface area contributed by atoms with E-state index in [1.54, 1.807) is 6.92 Å². The van der Waals surface area contributed by atoms with E-state index in [0.29, 0.717) is 5.69 Å². The van der Waals surface area contributed by atoms with Gasteiger partial charge in [0.2, 0.25) is 0 Å². The third-order valence-electron chi connectivity index (χ3n) is 1.39. The van der Waals surface area contributed by atoms with Crippen molar-refractivity contribution < 1.29 is 14.3 Å². The van der Waals surface area contributed by atoms with Crippen molar-refractivity contribution in [2.45, 2.75) is 13.8 Å².